The second-order valence-electron chi connectivity index (χ2n) is 2.47. The molecule has 0 rings (SSSR count). The molecule has 1 amide bonds. The van der Waals surface area contributed by atoms with Gasteiger partial charge in [0.25, 0.3) is 0 Å². The molecule has 78 valence electrons. The second kappa shape index (κ2) is 8.52. The molecule has 0 saturated heterocycles. The standard InChI is InChI=1S/C7H16N2O2S2/c10-7(11)9(4-6-13)3-1-8-2-5-12/h8,12-13H,1-6H2,(H,10,11). The van der Waals surface area contributed by atoms with Crippen molar-refractivity contribution in [2.24, 2.45) is 0 Å². The van der Waals surface area contributed by atoms with Gasteiger partial charge in [-0.2, -0.15) is 25.3 Å². The molecular weight excluding hydrogens is 208 g/mol. The molecular formula is C7H16N2O2S2. The summed E-state index contributed by atoms with van der Waals surface area (Å²) >= 11 is 8.00. The van der Waals surface area contributed by atoms with Crippen LogP contribution in [-0.4, -0.2) is 53.8 Å². The van der Waals surface area contributed by atoms with E-state index in [4.69, 9.17) is 5.11 Å². The summed E-state index contributed by atoms with van der Waals surface area (Å²) in [6.07, 6.45) is -0.887. The van der Waals surface area contributed by atoms with Crippen molar-refractivity contribution in [3.8, 4) is 0 Å². The maximum Gasteiger partial charge on any atom is 0.407 e. The number of rotatable bonds is 7. The largest absolute Gasteiger partial charge is 0.465 e. The lowest BCUT2D eigenvalue weighted by atomic mass is 10.5. The van der Waals surface area contributed by atoms with Gasteiger partial charge < -0.3 is 15.3 Å². The number of thiol groups is 2. The molecule has 0 unspecified atom stereocenters. The van der Waals surface area contributed by atoms with Crippen LogP contribution in [0.1, 0.15) is 0 Å². The van der Waals surface area contributed by atoms with E-state index in [-0.39, 0.29) is 0 Å². The number of nitrogens with one attached hydrogen (secondary N) is 1. The van der Waals surface area contributed by atoms with Gasteiger partial charge in [0, 0.05) is 37.7 Å². The van der Waals surface area contributed by atoms with Gasteiger partial charge in [-0.15, -0.1) is 0 Å². The lowest BCUT2D eigenvalue weighted by molar-refractivity contribution is 0.148. The van der Waals surface area contributed by atoms with E-state index in [2.05, 4.69) is 30.6 Å². The van der Waals surface area contributed by atoms with Crippen LogP contribution in [0.25, 0.3) is 0 Å². The van der Waals surface area contributed by atoms with Gasteiger partial charge >= 0.3 is 6.09 Å². The van der Waals surface area contributed by atoms with Gasteiger partial charge in [0.1, 0.15) is 0 Å². The van der Waals surface area contributed by atoms with Crippen molar-refractivity contribution in [1.29, 1.82) is 0 Å². The van der Waals surface area contributed by atoms with E-state index < -0.39 is 6.09 Å². The number of hydrogen-bond acceptors (Lipinski definition) is 4. The molecule has 0 radical (unpaired) electrons. The average molecular weight is 224 g/mol. The van der Waals surface area contributed by atoms with Crippen LogP contribution < -0.4 is 5.32 Å². The predicted octanol–water partition coefficient (Wildman–Crippen LogP) is 0.416. The van der Waals surface area contributed by atoms with E-state index in [1.54, 1.807) is 0 Å². The van der Waals surface area contributed by atoms with Crippen LogP contribution in [0.15, 0.2) is 0 Å². The molecule has 0 aliphatic heterocycles. The molecule has 0 atom stereocenters. The van der Waals surface area contributed by atoms with Crippen molar-refractivity contribution in [3.05, 3.63) is 0 Å². The van der Waals surface area contributed by atoms with Gasteiger partial charge in [0.05, 0.1) is 0 Å². The molecule has 0 fully saturated rings. The van der Waals surface area contributed by atoms with Gasteiger partial charge in [-0.1, -0.05) is 0 Å². The summed E-state index contributed by atoms with van der Waals surface area (Å²) in [6.45, 7) is 2.45. The molecule has 0 aliphatic carbocycles. The maximum atomic E-state index is 10.6. The molecule has 4 nitrogen and oxygen atoms in total. The zero-order valence-corrected chi connectivity index (χ0v) is 9.23. The Labute approximate surface area is 89.5 Å². The molecule has 0 heterocycles. The summed E-state index contributed by atoms with van der Waals surface area (Å²) in [4.78, 5) is 11.9. The molecule has 0 saturated carbocycles. The first-order valence-corrected chi connectivity index (χ1v) is 5.39. The Bertz CT molecular complexity index is 146. The first-order valence-electron chi connectivity index (χ1n) is 4.12. The van der Waals surface area contributed by atoms with E-state index in [1.807, 2.05) is 0 Å². The molecule has 0 aromatic rings. The van der Waals surface area contributed by atoms with Crippen LogP contribution >= 0.6 is 25.3 Å². The fraction of sp³-hybridized carbons (Fsp3) is 0.857. The Hall–Kier alpha value is -0.0700. The van der Waals surface area contributed by atoms with Crippen LogP contribution in [0, 0.1) is 0 Å². The molecule has 0 aliphatic rings. The smallest absolute Gasteiger partial charge is 0.407 e. The molecule has 13 heavy (non-hydrogen) atoms. The summed E-state index contributed by atoms with van der Waals surface area (Å²) in [5.41, 5.74) is 0. The summed E-state index contributed by atoms with van der Waals surface area (Å²) in [7, 11) is 0. The van der Waals surface area contributed by atoms with E-state index in [9.17, 15) is 4.79 Å². The third kappa shape index (κ3) is 7.04. The van der Waals surface area contributed by atoms with E-state index >= 15 is 0 Å². The highest BCUT2D eigenvalue weighted by Gasteiger charge is 2.08. The molecule has 0 spiro atoms. The quantitative estimate of drug-likeness (QED) is 0.374. The van der Waals surface area contributed by atoms with Gasteiger partial charge in [0.15, 0.2) is 0 Å². The van der Waals surface area contributed by atoms with Gasteiger partial charge in [-0.05, 0) is 0 Å². The van der Waals surface area contributed by atoms with E-state index in [0.29, 0.717) is 25.4 Å². The molecule has 0 aromatic carbocycles. The zero-order chi connectivity index (χ0) is 10.1. The Morgan fingerprint density at radius 3 is 2.38 bits per heavy atom. The Kier molecular flexibility index (Phi) is 8.48. The number of nitrogens with zero attached hydrogens (tertiary/aromatic N) is 1. The lowest BCUT2D eigenvalue weighted by Crippen LogP contribution is -2.37. The van der Waals surface area contributed by atoms with Crippen LogP contribution in [0.5, 0.6) is 0 Å². The molecule has 6 heteroatoms. The van der Waals surface area contributed by atoms with Crippen molar-refractivity contribution in [3.63, 3.8) is 0 Å². The second-order valence-corrected chi connectivity index (χ2v) is 3.36. The number of amides is 1. The third-order valence-electron chi connectivity index (χ3n) is 1.49. The van der Waals surface area contributed by atoms with Gasteiger partial charge in [-0.25, -0.2) is 4.79 Å². The highest BCUT2D eigenvalue weighted by atomic mass is 32.1. The minimum atomic E-state index is -0.887. The van der Waals surface area contributed by atoms with Crippen molar-refractivity contribution in [2.45, 2.75) is 0 Å². The van der Waals surface area contributed by atoms with Crippen molar-refractivity contribution < 1.29 is 9.90 Å². The number of carboxylic acid groups (broad SMARTS) is 1. The Morgan fingerprint density at radius 1 is 1.23 bits per heavy atom. The van der Waals surface area contributed by atoms with Crippen LogP contribution in [0.3, 0.4) is 0 Å². The SMILES string of the molecule is O=C(O)N(CCS)CCNCCS. The first-order chi connectivity index (χ1) is 6.22. The monoisotopic (exact) mass is 224 g/mol. The first kappa shape index (κ1) is 12.9. The third-order valence-corrected chi connectivity index (χ3v) is 1.91. The van der Waals surface area contributed by atoms with Crippen LogP contribution in [0.4, 0.5) is 4.79 Å². The summed E-state index contributed by atoms with van der Waals surface area (Å²) in [5.74, 6) is 1.32. The fourth-order valence-electron chi connectivity index (χ4n) is 0.842. The van der Waals surface area contributed by atoms with E-state index in [0.717, 1.165) is 12.3 Å². The molecule has 0 aromatic heterocycles. The van der Waals surface area contributed by atoms with E-state index in [1.165, 1.54) is 4.90 Å². The topological polar surface area (TPSA) is 52.6 Å². The molecule has 2 N–H and O–H groups in total. The summed E-state index contributed by atoms with van der Waals surface area (Å²) < 4.78 is 0. The van der Waals surface area contributed by atoms with Crippen molar-refractivity contribution >= 4 is 31.4 Å². The van der Waals surface area contributed by atoms with Crippen molar-refractivity contribution in [1.82, 2.24) is 10.2 Å². The highest BCUT2D eigenvalue weighted by Crippen LogP contribution is 1.89. The Morgan fingerprint density at radius 2 is 1.92 bits per heavy atom. The zero-order valence-electron chi connectivity index (χ0n) is 7.44. The normalized spacial score (nSPS) is 10.0. The summed E-state index contributed by atoms with van der Waals surface area (Å²) in [5, 5.41) is 11.8. The number of hydrogen-bond donors (Lipinski definition) is 4. The predicted molar refractivity (Wildman–Crippen MR) is 60.2 cm³/mol. The lowest BCUT2D eigenvalue weighted by Gasteiger charge is -2.17. The Balaban J connectivity index is 3.51. The van der Waals surface area contributed by atoms with Crippen molar-refractivity contribution in [2.75, 3.05) is 37.7 Å². The van der Waals surface area contributed by atoms with Gasteiger partial charge in [0.2, 0.25) is 0 Å². The molecule has 0 bridgehead atoms. The summed E-state index contributed by atoms with van der Waals surface area (Å²) in [6, 6.07) is 0. The average Bonchev–Trinajstić information content (AvgIpc) is 2.10. The van der Waals surface area contributed by atoms with Crippen LogP contribution in [-0.2, 0) is 0 Å². The maximum absolute atomic E-state index is 10.6. The highest BCUT2D eigenvalue weighted by molar-refractivity contribution is 7.80. The van der Waals surface area contributed by atoms with Crippen LogP contribution in [0.2, 0.25) is 0 Å². The fourth-order valence-corrected chi connectivity index (χ4v) is 1.24. The van der Waals surface area contributed by atoms with Gasteiger partial charge in [-0.3, -0.25) is 0 Å². The minimum Gasteiger partial charge on any atom is -0.465 e. The number of carbonyl (C=O) groups is 1. The minimum absolute atomic E-state index is 0.473.